The Kier molecular flexibility index (Phi) is 5.85. The lowest BCUT2D eigenvalue weighted by Crippen LogP contribution is -2.41. The van der Waals surface area contributed by atoms with Crippen molar-refractivity contribution in [2.75, 3.05) is 26.2 Å². The number of nitrogens with zero attached hydrogens (tertiary/aromatic N) is 1. The summed E-state index contributed by atoms with van der Waals surface area (Å²) in [6.45, 7) is 10.4. The molecule has 3 rings (SSSR count). The Labute approximate surface area is 159 Å². The maximum absolute atomic E-state index is 12.3. The highest BCUT2D eigenvalue weighted by atomic mass is 16.5. The molecule has 1 aromatic carbocycles. The van der Waals surface area contributed by atoms with Crippen molar-refractivity contribution in [3.8, 4) is 5.75 Å². The number of carbonyl (C=O) groups excluding carboxylic acids is 1. The van der Waals surface area contributed by atoms with Gasteiger partial charge in [0.05, 0.1) is 5.39 Å². The summed E-state index contributed by atoms with van der Waals surface area (Å²) in [5.41, 5.74) is 2.44. The first kappa shape index (κ1) is 19.4. The van der Waals surface area contributed by atoms with Crippen molar-refractivity contribution in [2.24, 2.45) is 0 Å². The Balaban J connectivity index is 1.70. The van der Waals surface area contributed by atoms with Crippen molar-refractivity contribution >= 4 is 16.9 Å². The third-order valence-electron chi connectivity index (χ3n) is 5.46. The molecule has 0 saturated carbocycles. The van der Waals surface area contributed by atoms with Crippen LogP contribution in [0.25, 0.3) is 11.0 Å². The molecule has 27 heavy (non-hydrogen) atoms. The SMILES string of the molecule is CCN1CCCC1CNC(=O)COc1cc(C)cc2oc(=O)c(C)c(C)c12. The van der Waals surface area contributed by atoms with Gasteiger partial charge in [-0.1, -0.05) is 6.92 Å². The van der Waals surface area contributed by atoms with Crippen LogP contribution in [-0.4, -0.2) is 43.1 Å². The van der Waals surface area contributed by atoms with Crippen LogP contribution in [0.5, 0.6) is 5.75 Å². The number of carbonyl (C=O) groups is 1. The quantitative estimate of drug-likeness (QED) is 0.790. The highest BCUT2D eigenvalue weighted by Gasteiger charge is 2.23. The molecule has 1 aliphatic heterocycles. The second-order valence-electron chi connectivity index (χ2n) is 7.29. The summed E-state index contributed by atoms with van der Waals surface area (Å²) in [5, 5.41) is 3.73. The average Bonchev–Trinajstić information content (AvgIpc) is 3.09. The molecule has 1 aromatic heterocycles. The van der Waals surface area contributed by atoms with Crippen LogP contribution >= 0.6 is 0 Å². The average molecular weight is 372 g/mol. The van der Waals surface area contributed by atoms with E-state index in [1.807, 2.05) is 26.0 Å². The molecule has 1 atom stereocenters. The van der Waals surface area contributed by atoms with E-state index in [0.717, 1.165) is 36.0 Å². The number of fused-ring (bicyclic) bond motifs is 1. The zero-order valence-electron chi connectivity index (χ0n) is 16.6. The standard InChI is InChI=1S/C21H28N2O4/c1-5-23-8-6-7-16(23)11-22-19(24)12-26-17-9-13(2)10-18-20(17)14(3)15(4)21(25)27-18/h9-10,16H,5-8,11-12H2,1-4H3,(H,22,24). The van der Waals surface area contributed by atoms with Crippen LogP contribution in [0.2, 0.25) is 0 Å². The summed E-state index contributed by atoms with van der Waals surface area (Å²) >= 11 is 0. The van der Waals surface area contributed by atoms with Crippen LogP contribution in [0.3, 0.4) is 0 Å². The predicted octanol–water partition coefficient (Wildman–Crippen LogP) is 2.70. The summed E-state index contributed by atoms with van der Waals surface area (Å²) in [6.07, 6.45) is 2.30. The van der Waals surface area contributed by atoms with Gasteiger partial charge in [-0.3, -0.25) is 9.69 Å². The summed E-state index contributed by atoms with van der Waals surface area (Å²) in [6, 6.07) is 4.10. The van der Waals surface area contributed by atoms with Crippen LogP contribution in [0, 0.1) is 20.8 Å². The number of benzene rings is 1. The molecule has 6 heteroatoms. The van der Waals surface area contributed by atoms with Crippen molar-refractivity contribution in [2.45, 2.75) is 46.6 Å². The van der Waals surface area contributed by atoms with Crippen LogP contribution in [-0.2, 0) is 4.79 Å². The number of aryl methyl sites for hydroxylation is 2. The molecule has 1 unspecified atom stereocenters. The second-order valence-corrected chi connectivity index (χ2v) is 7.29. The van der Waals surface area contributed by atoms with Gasteiger partial charge in [0.1, 0.15) is 11.3 Å². The number of amides is 1. The van der Waals surface area contributed by atoms with Crippen LogP contribution in [0.15, 0.2) is 21.3 Å². The molecule has 1 saturated heterocycles. The van der Waals surface area contributed by atoms with E-state index in [1.165, 1.54) is 6.42 Å². The van der Waals surface area contributed by atoms with Gasteiger partial charge >= 0.3 is 5.63 Å². The zero-order chi connectivity index (χ0) is 19.6. The minimum Gasteiger partial charge on any atom is -0.483 e. The molecular formula is C21H28N2O4. The van der Waals surface area contributed by atoms with Crippen LogP contribution in [0.1, 0.15) is 36.5 Å². The van der Waals surface area contributed by atoms with Crippen molar-refractivity contribution in [3.05, 3.63) is 39.2 Å². The Morgan fingerprint density at radius 3 is 2.81 bits per heavy atom. The molecule has 146 valence electrons. The molecule has 0 spiro atoms. The van der Waals surface area contributed by atoms with Crippen molar-refractivity contribution in [1.29, 1.82) is 0 Å². The lowest BCUT2D eigenvalue weighted by Gasteiger charge is -2.22. The molecule has 0 bridgehead atoms. The highest BCUT2D eigenvalue weighted by molar-refractivity contribution is 5.88. The first-order valence-corrected chi connectivity index (χ1v) is 9.59. The van der Waals surface area contributed by atoms with E-state index in [0.29, 0.717) is 29.5 Å². The van der Waals surface area contributed by atoms with Gasteiger partial charge in [0.15, 0.2) is 6.61 Å². The summed E-state index contributed by atoms with van der Waals surface area (Å²) < 4.78 is 11.2. The van der Waals surface area contributed by atoms with Crippen molar-refractivity contribution in [3.63, 3.8) is 0 Å². The topological polar surface area (TPSA) is 71.8 Å². The van der Waals surface area contributed by atoms with Gasteiger partial charge < -0.3 is 14.5 Å². The number of likely N-dealkylation sites (tertiary alicyclic amines) is 1. The predicted molar refractivity (Wildman–Crippen MR) is 105 cm³/mol. The van der Waals surface area contributed by atoms with Gasteiger partial charge in [0.2, 0.25) is 0 Å². The lowest BCUT2D eigenvalue weighted by atomic mass is 10.0. The van der Waals surface area contributed by atoms with Gasteiger partial charge in [-0.2, -0.15) is 0 Å². The molecule has 1 aliphatic rings. The smallest absolute Gasteiger partial charge is 0.339 e. The van der Waals surface area contributed by atoms with Crippen LogP contribution in [0.4, 0.5) is 0 Å². The molecular weight excluding hydrogens is 344 g/mol. The number of nitrogens with one attached hydrogen (secondary N) is 1. The first-order chi connectivity index (χ1) is 12.9. The fraction of sp³-hybridized carbons (Fsp3) is 0.524. The van der Waals surface area contributed by atoms with Crippen LogP contribution < -0.4 is 15.7 Å². The van der Waals surface area contributed by atoms with Crippen molar-refractivity contribution < 1.29 is 13.9 Å². The highest BCUT2D eigenvalue weighted by Crippen LogP contribution is 2.30. The van der Waals surface area contributed by atoms with E-state index in [4.69, 9.17) is 9.15 Å². The third kappa shape index (κ3) is 4.16. The van der Waals surface area contributed by atoms with E-state index in [9.17, 15) is 9.59 Å². The van der Waals surface area contributed by atoms with Gasteiger partial charge in [0, 0.05) is 18.2 Å². The van der Waals surface area contributed by atoms with Gasteiger partial charge in [-0.05, 0) is 70.0 Å². The Morgan fingerprint density at radius 1 is 1.30 bits per heavy atom. The molecule has 1 N–H and O–H groups in total. The Morgan fingerprint density at radius 2 is 2.07 bits per heavy atom. The second kappa shape index (κ2) is 8.13. The molecule has 1 fully saturated rings. The van der Waals surface area contributed by atoms with Gasteiger partial charge in [-0.15, -0.1) is 0 Å². The number of ether oxygens (including phenoxy) is 1. The van der Waals surface area contributed by atoms with Gasteiger partial charge in [0.25, 0.3) is 5.91 Å². The van der Waals surface area contributed by atoms with E-state index in [1.54, 1.807) is 6.92 Å². The summed E-state index contributed by atoms with van der Waals surface area (Å²) in [5.74, 6) is 0.430. The lowest BCUT2D eigenvalue weighted by molar-refractivity contribution is -0.123. The fourth-order valence-electron chi connectivity index (χ4n) is 3.77. The van der Waals surface area contributed by atoms with Crippen molar-refractivity contribution in [1.82, 2.24) is 10.2 Å². The summed E-state index contributed by atoms with van der Waals surface area (Å²) in [7, 11) is 0. The fourth-order valence-corrected chi connectivity index (χ4v) is 3.77. The number of hydrogen-bond acceptors (Lipinski definition) is 5. The zero-order valence-corrected chi connectivity index (χ0v) is 16.6. The molecule has 0 radical (unpaired) electrons. The third-order valence-corrected chi connectivity index (χ3v) is 5.46. The molecule has 2 heterocycles. The minimum absolute atomic E-state index is 0.0605. The Bertz CT molecular complexity index is 903. The molecule has 1 amide bonds. The maximum Gasteiger partial charge on any atom is 0.339 e. The van der Waals surface area contributed by atoms with Gasteiger partial charge in [-0.25, -0.2) is 4.79 Å². The number of rotatable bonds is 6. The van der Waals surface area contributed by atoms with E-state index in [2.05, 4.69) is 17.1 Å². The maximum atomic E-state index is 12.3. The summed E-state index contributed by atoms with van der Waals surface area (Å²) in [4.78, 5) is 26.6. The number of likely N-dealkylation sites (N-methyl/N-ethyl adjacent to an activating group) is 1. The minimum atomic E-state index is -0.341. The molecule has 0 aliphatic carbocycles. The largest absolute Gasteiger partial charge is 0.483 e. The monoisotopic (exact) mass is 372 g/mol. The molecule has 2 aromatic rings. The first-order valence-electron chi connectivity index (χ1n) is 9.59. The van der Waals surface area contributed by atoms with E-state index < -0.39 is 0 Å². The number of hydrogen-bond donors (Lipinski definition) is 1. The molecule has 6 nitrogen and oxygen atoms in total. The Hall–Kier alpha value is -2.34. The normalized spacial score (nSPS) is 17.4. The van der Waals surface area contributed by atoms with E-state index in [-0.39, 0.29) is 18.1 Å². The van der Waals surface area contributed by atoms with E-state index >= 15 is 0 Å².